The zero-order chi connectivity index (χ0) is 62.7. The highest BCUT2D eigenvalue weighted by atomic mass is 28.3. The van der Waals surface area contributed by atoms with Gasteiger partial charge in [-0.05, 0) is 171 Å². The maximum atomic E-state index is 12.9. The summed E-state index contributed by atoms with van der Waals surface area (Å²) in [6, 6.07) is 27.2. The molecule has 4 rings (SSSR count). The van der Waals surface area contributed by atoms with Crippen LogP contribution in [0.1, 0.15) is 162 Å². The van der Waals surface area contributed by atoms with Gasteiger partial charge in [0.15, 0.2) is 11.6 Å². The van der Waals surface area contributed by atoms with Crippen LogP contribution in [-0.4, -0.2) is 109 Å². The summed E-state index contributed by atoms with van der Waals surface area (Å²) in [5.41, 5.74) is 9.28. The molecule has 15 heteroatoms. The third-order valence-corrected chi connectivity index (χ3v) is 15.8. The van der Waals surface area contributed by atoms with Crippen LogP contribution in [0.25, 0.3) is 12.2 Å². The van der Waals surface area contributed by atoms with Crippen LogP contribution in [0.3, 0.4) is 0 Å². The van der Waals surface area contributed by atoms with Gasteiger partial charge in [-0.3, -0.25) is 0 Å². The number of esters is 1. The third-order valence-electron chi connectivity index (χ3n) is 12.4. The summed E-state index contributed by atoms with van der Waals surface area (Å²) in [6.45, 7) is 33.2. The van der Waals surface area contributed by atoms with Gasteiger partial charge in [-0.2, -0.15) is 0 Å². The zero-order valence-electron chi connectivity index (χ0n) is 53.6. The van der Waals surface area contributed by atoms with Gasteiger partial charge in [0.1, 0.15) is 0 Å². The molecule has 2 atom stereocenters. The predicted molar refractivity (Wildman–Crippen MR) is 351 cm³/mol. The largest absolute Gasteiger partial charge is 0.478 e. The van der Waals surface area contributed by atoms with Crippen LogP contribution >= 0.6 is 0 Å². The fraction of sp³-hybridized carbons (Fsp3) is 0.493. The number of carboxylic acids is 2. The molecule has 0 spiro atoms. The fourth-order valence-electron chi connectivity index (χ4n) is 8.25. The summed E-state index contributed by atoms with van der Waals surface area (Å²) < 4.78 is 23.3. The lowest BCUT2D eigenvalue weighted by molar-refractivity contribution is -0.206. The molecular formula is C69H106O13Si2. The van der Waals surface area contributed by atoms with Crippen molar-refractivity contribution in [3.05, 3.63) is 177 Å². The number of rotatable bonds is 31. The molecule has 0 fully saturated rings. The number of aromatic carboxylic acids is 2. The van der Waals surface area contributed by atoms with E-state index in [-0.39, 0.29) is 30.3 Å². The minimum atomic E-state index is -1.26. The molecule has 0 saturated carbocycles. The highest BCUT2D eigenvalue weighted by molar-refractivity contribution is 6.76. The number of benzene rings is 4. The molecule has 468 valence electrons. The lowest BCUT2D eigenvalue weighted by Gasteiger charge is -2.25. The summed E-state index contributed by atoms with van der Waals surface area (Å²) >= 11 is 0. The molecule has 84 heavy (non-hydrogen) atoms. The Morgan fingerprint density at radius 1 is 0.571 bits per heavy atom. The number of hydrogen-bond acceptors (Lipinski definition) is 10. The number of aryl methyl sites for hydroxylation is 4. The molecule has 7 N–H and O–H groups in total. The number of carbonyl (C=O) groups is 3. The molecule has 4 aromatic carbocycles. The van der Waals surface area contributed by atoms with E-state index in [1.54, 1.807) is 88.4 Å². The monoisotopic (exact) mass is 1200 g/mol. The average molecular weight is 1200 g/mol. The molecule has 0 saturated heterocycles. The van der Waals surface area contributed by atoms with E-state index in [2.05, 4.69) is 103 Å². The van der Waals surface area contributed by atoms with E-state index in [0.29, 0.717) is 36.3 Å². The number of hydrogen-bond donors (Lipinski definition) is 5. The maximum Gasteiger partial charge on any atom is 0.338 e. The Bertz CT molecular complexity index is 2550. The van der Waals surface area contributed by atoms with Crippen molar-refractivity contribution in [3.8, 4) is 0 Å². The van der Waals surface area contributed by atoms with Crippen molar-refractivity contribution < 1.29 is 64.3 Å². The Morgan fingerprint density at radius 2 is 1.00 bits per heavy atom. The van der Waals surface area contributed by atoms with Crippen molar-refractivity contribution >= 4 is 46.2 Å². The first-order chi connectivity index (χ1) is 38.8. The molecule has 0 heterocycles. The second-order valence-electron chi connectivity index (χ2n) is 24.4. The van der Waals surface area contributed by atoms with Gasteiger partial charge in [0.05, 0.1) is 42.1 Å². The van der Waals surface area contributed by atoms with E-state index in [4.69, 9.17) is 34.3 Å². The highest BCUT2D eigenvalue weighted by Crippen LogP contribution is 2.25. The Kier molecular flexibility index (Phi) is 38.7. The van der Waals surface area contributed by atoms with E-state index in [1.807, 2.05) is 44.2 Å². The summed E-state index contributed by atoms with van der Waals surface area (Å²) in [5.74, 6) is -4.32. The Morgan fingerprint density at radius 3 is 1.42 bits per heavy atom. The molecule has 0 aliphatic heterocycles. The Hall–Kier alpha value is -5.60. The number of carbonyl (C=O) groups excluding carboxylic acids is 1. The van der Waals surface area contributed by atoms with E-state index in [1.165, 1.54) is 28.3 Å². The topological polar surface area (TPSA) is 221 Å². The van der Waals surface area contributed by atoms with Gasteiger partial charge >= 0.3 is 17.9 Å². The third kappa shape index (κ3) is 39.1. The molecule has 0 unspecified atom stereocenters. The van der Waals surface area contributed by atoms with Crippen molar-refractivity contribution in [3.63, 3.8) is 0 Å². The second kappa shape index (κ2) is 41.5. The predicted octanol–water partition coefficient (Wildman–Crippen LogP) is 15.8. The molecular weight excluding hydrogens is 1090 g/mol. The lowest BCUT2D eigenvalue weighted by atomic mass is 9.98. The van der Waals surface area contributed by atoms with Crippen LogP contribution in [-0.2, 0) is 25.6 Å². The number of unbranched alkanes of at least 4 members (excludes halogenated alkanes) is 1. The Balaban J connectivity index is 0.00000125. The van der Waals surface area contributed by atoms with Crippen molar-refractivity contribution in [1.82, 2.24) is 0 Å². The standard InChI is InChI=1S/C28H46O4Si.C27H46O4Si.2C7H6O2.H2O/c1-9-10-11-12-16-25(32-28(4,5)30)17-14-13-15-24-21-22(2)20-23(3)26(24)27(29)31-18-19-33(6,7)8;1-22-19-23(2)26(21-30-17-18-32(5,6)7)24(20-22)13-10-11-15-25(31-27(3,4)29)14-9-8-12-16-28;2*8-7(9)6-4-2-1-3-5-6;/h11-13,15,20-21,25,30H,9-10,14,16-19H2,1-8H3;8-10,13,19-20,25,28-29H,11-12,14-18,21H2,1-7H3;2*1-5H,(H,8,9);1H2/b12-11-,15-13+;9-8-,13-10+;;;/t2*25-;;;/m11.../s1. The van der Waals surface area contributed by atoms with Gasteiger partial charge in [-0.15, -0.1) is 0 Å². The fourth-order valence-corrected chi connectivity index (χ4v) is 9.72. The maximum absolute atomic E-state index is 12.9. The summed E-state index contributed by atoms with van der Waals surface area (Å²) in [5, 5.41) is 45.8. The van der Waals surface area contributed by atoms with E-state index in [0.717, 1.165) is 80.7 Å². The number of aliphatic hydroxyl groups excluding tert-OH is 1. The average Bonchev–Trinajstić information content (AvgIpc) is 3.01. The SMILES string of the molecule is CCC/C=C\C[C@H](CC/C=C/c1cc(C)cc(C)c1C(=O)OCC[Si](C)(C)C)OC(C)(C)O.Cc1cc(C)c(COCC[Si](C)(C)C)c(/C=C/CC[C@@H](C/C=C\CCO)OC(C)(C)O)c1.O.O=C(O)c1ccccc1.O=C(O)c1ccccc1. The van der Waals surface area contributed by atoms with Crippen LogP contribution in [0.2, 0.25) is 51.4 Å². The smallest absolute Gasteiger partial charge is 0.338 e. The number of aliphatic hydroxyl groups is 3. The zero-order valence-corrected chi connectivity index (χ0v) is 55.6. The molecule has 0 amide bonds. The van der Waals surface area contributed by atoms with Gasteiger partial charge in [0.25, 0.3) is 0 Å². The summed E-state index contributed by atoms with van der Waals surface area (Å²) in [7, 11) is -2.34. The van der Waals surface area contributed by atoms with Crippen molar-refractivity contribution in [1.29, 1.82) is 0 Å². The molecule has 0 bridgehead atoms. The van der Waals surface area contributed by atoms with Crippen LogP contribution in [0.15, 0.2) is 121 Å². The van der Waals surface area contributed by atoms with Gasteiger partial charge in [0.2, 0.25) is 0 Å². The van der Waals surface area contributed by atoms with Crippen molar-refractivity contribution in [2.75, 3.05) is 19.8 Å². The van der Waals surface area contributed by atoms with Crippen molar-refractivity contribution in [2.45, 2.75) is 202 Å². The Labute approximate surface area is 506 Å². The van der Waals surface area contributed by atoms with Gasteiger partial charge in [-0.25, -0.2) is 14.4 Å². The highest BCUT2D eigenvalue weighted by Gasteiger charge is 2.22. The summed E-state index contributed by atoms with van der Waals surface area (Å²) in [6.07, 6.45) is 24.2. The van der Waals surface area contributed by atoms with Gasteiger partial charge in [0, 0.05) is 29.4 Å². The van der Waals surface area contributed by atoms with Crippen LogP contribution in [0.4, 0.5) is 0 Å². The minimum Gasteiger partial charge on any atom is -0.478 e. The number of allylic oxidation sites excluding steroid dienone is 3. The minimum absolute atomic E-state index is 0. The normalized spacial score (nSPS) is 12.6. The van der Waals surface area contributed by atoms with Crippen LogP contribution in [0.5, 0.6) is 0 Å². The van der Waals surface area contributed by atoms with Crippen LogP contribution < -0.4 is 0 Å². The van der Waals surface area contributed by atoms with E-state index in [9.17, 15) is 24.6 Å². The molecule has 0 aromatic heterocycles. The molecule has 0 aliphatic carbocycles. The first-order valence-electron chi connectivity index (χ1n) is 29.4. The van der Waals surface area contributed by atoms with Gasteiger partial charge in [-0.1, -0.05) is 173 Å². The second-order valence-corrected chi connectivity index (χ2v) is 35.6. The quantitative estimate of drug-likeness (QED) is 0.0104. The lowest BCUT2D eigenvalue weighted by Crippen LogP contribution is -2.29. The van der Waals surface area contributed by atoms with Gasteiger partial charge < -0.3 is 50.0 Å². The molecule has 0 aliphatic rings. The number of carboxylic acid groups (broad SMARTS) is 2. The summed E-state index contributed by atoms with van der Waals surface area (Å²) in [4.78, 5) is 33.3. The first-order valence-corrected chi connectivity index (χ1v) is 36.8. The molecule has 0 radical (unpaired) electrons. The van der Waals surface area contributed by atoms with Crippen molar-refractivity contribution in [2.24, 2.45) is 0 Å². The number of ether oxygens (including phenoxy) is 4. The molecule has 4 aromatic rings. The molecule has 13 nitrogen and oxygen atoms in total. The van der Waals surface area contributed by atoms with E-state index >= 15 is 0 Å². The first kappa shape index (κ1) is 78.4. The van der Waals surface area contributed by atoms with Crippen LogP contribution in [0, 0.1) is 27.7 Å². The van der Waals surface area contributed by atoms with E-state index < -0.39 is 39.7 Å².